The van der Waals surface area contributed by atoms with Crippen molar-refractivity contribution < 1.29 is 53.5 Å². The summed E-state index contributed by atoms with van der Waals surface area (Å²) in [4.78, 5) is 65.2. The van der Waals surface area contributed by atoms with Crippen molar-refractivity contribution in [2.24, 2.45) is 22.7 Å². The third-order valence-electron chi connectivity index (χ3n) is 10.9. The van der Waals surface area contributed by atoms with Crippen LogP contribution in [0.25, 0.3) is 0 Å². The van der Waals surface area contributed by atoms with E-state index in [4.69, 9.17) is 4.74 Å². The molecule has 248 valence electrons. The van der Waals surface area contributed by atoms with E-state index in [2.05, 4.69) is 10.2 Å². The predicted octanol–water partition coefficient (Wildman–Crippen LogP) is 1.24. The van der Waals surface area contributed by atoms with E-state index in [1.807, 2.05) is 0 Å². The molecule has 4 N–H and O–H groups in total. The average molecular weight is 645 g/mol. The Kier molecular flexibility index (Phi) is 8.68. The number of halogens is 1. The standard InChI is InChI=1S/C32H37FN2O11/c1-29-10-9-21(36)12-20(29)7-8-22-23-13-24(37)32(42,30(23,2)14-25(38)31(22,29)33)26(39)17-45-28(41)15-34-27(40)11-18-5-3-4-6-19(18)16-46-35(43)44/h3-6,9-10,12,22-25,37-38,42H,7-8,11,13-17H2,1-2H3,(H,34,40)/t22-,23-,24+,25-,29-,30-,31-,32-/m0/s1. The van der Waals surface area contributed by atoms with Crippen molar-refractivity contribution in [1.82, 2.24) is 5.32 Å². The highest BCUT2D eigenvalue weighted by molar-refractivity contribution is 6.01. The molecule has 1 amide bonds. The van der Waals surface area contributed by atoms with Gasteiger partial charge in [0.15, 0.2) is 23.7 Å². The first-order chi connectivity index (χ1) is 21.6. The van der Waals surface area contributed by atoms with E-state index in [0.717, 1.165) is 0 Å². The highest BCUT2D eigenvalue weighted by Crippen LogP contribution is 2.69. The van der Waals surface area contributed by atoms with E-state index in [0.29, 0.717) is 23.1 Å². The number of esters is 1. The summed E-state index contributed by atoms with van der Waals surface area (Å²) in [6.07, 6.45) is 0.753. The van der Waals surface area contributed by atoms with Crippen LogP contribution in [0.4, 0.5) is 4.39 Å². The molecule has 0 bridgehead atoms. The second kappa shape index (κ2) is 12.0. The van der Waals surface area contributed by atoms with Crippen molar-refractivity contribution in [1.29, 1.82) is 0 Å². The molecule has 8 atom stereocenters. The molecule has 0 aliphatic heterocycles. The Morgan fingerprint density at radius 2 is 1.83 bits per heavy atom. The summed E-state index contributed by atoms with van der Waals surface area (Å²) < 4.78 is 22.3. The maximum atomic E-state index is 17.2. The molecule has 3 fully saturated rings. The Bertz CT molecular complexity index is 1530. The fourth-order valence-electron chi connectivity index (χ4n) is 8.44. The van der Waals surface area contributed by atoms with Gasteiger partial charge in [0.25, 0.3) is 5.09 Å². The number of nitrogens with one attached hydrogen (secondary N) is 1. The van der Waals surface area contributed by atoms with Gasteiger partial charge in [-0.25, -0.2) is 4.39 Å². The van der Waals surface area contributed by atoms with Crippen molar-refractivity contribution in [3.8, 4) is 0 Å². The molecule has 0 saturated heterocycles. The second-order valence-corrected chi connectivity index (χ2v) is 13.1. The zero-order valence-corrected chi connectivity index (χ0v) is 25.4. The van der Waals surface area contributed by atoms with Crippen molar-refractivity contribution in [2.75, 3.05) is 13.2 Å². The number of hydrogen-bond donors (Lipinski definition) is 4. The molecule has 0 unspecified atom stereocenters. The van der Waals surface area contributed by atoms with Gasteiger partial charge >= 0.3 is 5.97 Å². The molecular formula is C32H37FN2O11. The van der Waals surface area contributed by atoms with Gasteiger partial charge in [0, 0.05) is 16.7 Å². The van der Waals surface area contributed by atoms with Gasteiger partial charge in [-0.05, 0) is 61.8 Å². The molecule has 13 nitrogen and oxygen atoms in total. The summed E-state index contributed by atoms with van der Waals surface area (Å²) in [7, 11) is 0. The van der Waals surface area contributed by atoms with Crippen LogP contribution >= 0.6 is 0 Å². The number of carbonyl (C=O) groups is 4. The van der Waals surface area contributed by atoms with E-state index in [-0.39, 0.29) is 38.1 Å². The minimum absolute atomic E-state index is 0.127. The lowest BCUT2D eigenvalue weighted by atomic mass is 9.44. The number of fused-ring (bicyclic) bond motifs is 5. The number of carbonyl (C=O) groups excluding carboxylic acids is 4. The average Bonchev–Trinajstić information content (AvgIpc) is 3.20. The minimum atomic E-state index is -2.46. The van der Waals surface area contributed by atoms with Crippen LogP contribution in [0.1, 0.15) is 50.7 Å². The lowest BCUT2D eigenvalue weighted by molar-refractivity contribution is -0.763. The van der Waals surface area contributed by atoms with Crippen LogP contribution < -0.4 is 5.32 Å². The van der Waals surface area contributed by atoms with Gasteiger partial charge in [0.2, 0.25) is 11.7 Å². The fourth-order valence-corrected chi connectivity index (χ4v) is 8.44. The van der Waals surface area contributed by atoms with Crippen molar-refractivity contribution in [3.63, 3.8) is 0 Å². The molecule has 1 aromatic carbocycles. The summed E-state index contributed by atoms with van der Waals surface area (Å²) >= 11 is 0. The van der Waals surface area contributed by atoms with Crippen LogP contribution in [-0.2, 0) is 41.8 Å². The number of nitrogens with zero attached hydrogens (tertiary/aromatic N) is 1. The van der Waals surface area contributed by atoms with Crippen LogP contribution in [0, 0.1) is 32.8 Å². The molecule has 4 aliphatic carbocycles. The monoisotopic (exact) mass is 644 g/mol. The van der Waals surface area contributed by atoms with Crippen molar-refractivity contribution >= 4 is 23.4 Å². The highest BCUT2D eigenvalue weighted by atomic mass is 19.1. The number of allylic oxidation sites excluding steroid dienone is 4. The Balaban J connectivity index is 1.22. The van der Waals surface area contributed by atoms with E-state index in [9.17, 15) is 44.6 Å². The molecule has 4 aliphatic rings. The molecule has 5 rings (SSSR count). The zero-order valence-electron chi connectivity index (χ0n) is 25.4. The molecule has 0 spiro atoms. The number of benzene rings is 1. The molecule has 0 heterocycles. The van der Waals surface area contributed by atoms with E-state index in [1.54, 1.807) is 31.2 Å². The Hall–Kier alpha value is -4.01. The topological polar surface area (TPSA) is 203 Å². The number of amides is 1. The van der Waals surface area contributed by atoms with Gasteiger partial charge in [-0.2, -0.15) is 0 Å². The first-order valence-electron chi connectivity index (χ1n) is 15.1. The molecular weight excluding hydrogens is 607 g/mol. The maximum absolute atomic E-state index is 17.2. The second-order valence-electron chi connectivity index (χ2n) is 13.1. The molecule has 46 heavy (non-hydrogen) atoms. The number of ketones is 2. The number of ether oxygens (including phenoxy) is 1. The maximum Gasteiger partial charge on any atom is 0.325 e. The van der Waals surface area contributed by atoms with Crippen LogP contribution in [0.5, 0.6) is 0 Å². The minimum Gasteiger partial charge on any atom is -0.456 e. The Morgan fingerprint density at radius 1 is 1.13 bits per heavy atom. The van der Waals surface area contributed by atoms with Gasteiger partial charge in [-0.1, -0.05) is 42.8 Å². The lowest BCUT2D eigenvalue weighted by Crippen LogP contribution is -2.69. The number of aliphatic hydroxyl groups is 3. The van der Waals surface area contributed by atoms with E-state index < -0.39 is 82.0 Å². The number of rotatable bonds is 10. The Morgan fingerprint density at radius 3 is 2.52 bits per heavy atom. The Labute approximate surface area is 263 Å². The van der Waals surface area contributed by atoms with Gasteiger partial charge in [0.05, 0.1) is 18.6 Å². The summed E-state index contributed by atoms with van der Waals surface area (Å²) in [6, 6.07) is 6.37. The third-order valence-corrected chi connectivity index (χ3v) is 10.9. The van der Waals surface area contributed by atoms with Crippen LogP contribution in [0.2, 0.25) is 0 Å². The van der Waals surface area contributed by atoms with Gasteiger partial charge in [-0.3, -0.25) is 19.2 Å². The number of hydrogen-bond acceptors (Lipinski definition) is 11. The van der Waals surface area contributed by atoms with E-state index in [1.165, 1.54) is 25.2 Å². The quantitative estimate of drug-likeness (QED) is 0.162. The first-order valence-corrected chi connectivity index (χ1v) is 15.1. The predicted molar refractivity (Wildman–Crippen MR) is 156 cm³/mol. The number of aliphatic hydroxyl groups excluding tert-OH is 2. The molecule has 3 saturated carbocycles. The highest BCUT2D eigenvalue weighted by Gasteiger charge is 2.76. The van der Waals surface area contributed by atoms with E-state index >= 15 is 4.39 Å². The largest absolute Gasteiger partial charge is 0.456 e. The number of alkyl halides is 1. The third kappa shape index (κ3) is 5.21. The van der Waals surface area contributed by atoms with Crippen molar-refractivity contribution in [3.05, 3.63) is 69.3 Å². The van der Waals surface area contributed by atoms with Crippen LogP contribution in [0.15, 0.2) is 48.1 Å². The molecule has 1 aromatic rings. The molecule has 0 radical (unpaired) electrons. The molecule has 0 aromatic heterocycles. The first kappa shape index (κ1) is 33.4. The summed E-state index contributed by atoms with van der Waals surface area (Å²) in [5.74, 6) is -4.47. The number of Topliss-reactive ketones (excluding diaryl/α,β-unsaturated/α-hetero) is 1. The summed E-state index contributed by atoms with van der Waals surface area (Å²) in [6.45, 7) is 1.22. The zero-order chi connectivity index (χ0) is 33.7. The van der Waals surface area contributed by atoms with Crippen LogP contribution in [0.3, 0.4) is 0 Å². The normalized spacial score (nSPS) is 36.0. The summed E-state index contributed by atoms with van der Waals surface area (Å²) in [5, 5.41) is 46.2. The van der Waals surface area contributed by atoms with Crippen molar-refractivity contribution in [2.45, 2.75) is 76.0 Å². The summed E-state index contributed by atoms with van der Waals surface area (Å²) in [5.41, 5.74) is -6.04. The molecule has 14 heteroatoms. The fraction of sp³-hybridized carbons (Fsp3) is 0.562. The van der Waals surface area contributed by atoms with Crippen LogP contribution in [-0.4, -0.2) is 80.5 Å². The van der Waals surface area contributed by atoms with Gasteiger partial charge in [-0.15, -0.1) is 10.1 Å². The van der Waals surface area contributed by atoms with Gasteiger partial charge < -0.3 is 30.2 Å². The SMILES string of the molecule is C[C@]12C=CC(=O)C=C1CC[C@H]1[C@@H]3C[C@@H](O)[C@](O)(C(=O)COC(=O)CNC(=O)Cc4ccccc4CO[N+](=O)[O-])[C@@]3(C)C[C@H](O)[C@@]12F. The lowest BCUT2D eigenvalue weighted by Gasteiger charge is -2.62. The van der Waals surface area contributed by atoms with Gasteiger partial charge in [0.1, 0.15) is 13.2 Å². The smallest absolute Gasteiger partial charge is 0.325 e.